The number of ether oxygens (including phenoxy) is 2. The molecule has 1 aliphatic heterocycles. The predicted octanol–water partition coefficient (Wildman–Crippen LogP) is 0.743. The highest BCUT2D eigenvalue weighted by molar-refractivity contribution is 7.80. The van der Waals surface area contributed by atoms with E-state index in [1.807, 2.05) is 13.8 Å². The predicted molar refractivity (Wildman–Crippen MR) is 61.0 cm³/mol. The Kier molecular flexibility index (Phi) is 4.89. The summed E-state index contributed by atoms with van der Waals surface area (Å²) in [5.41, 5.74) is 5.52. The molecule has 1 fully saturated rings. The third-order valence-corrected chi connectivity index (χ3v) is 2.83. The molecule has 1 rings (SSSR count). The van der Waals surface area contributed by atoms with Crippen LogP contribution in [0.1, 0.15) is 26.7 Å². The molecule has 0 amide bonds. The summed E-state index contributed by atoms with van der Waals surface area (Å²) in [6.07, 6.45) is 1.70. The van der Waals surface area contributed by atoms with Crippen molar-refractivity contribution in [3.05, 3.63) is 0 Å². The van der Waals surface area contributed by atoms with E-state index < -0.39 is 6.04 Å². The Morgan fingerprint density at radius 1 is 1.53 bits per heavy atom. The standard InChI is InChI=1S/C10H19NO3S/c1-6-3-8(4-7(2)13-6)14-10(12)9(11)5-15/h6-9,15H,3-5,11H2,1-2H3/t6?,7?,8?,9-/m0/s1. The summed E-state index contributed by atoms with van der Waals surface area (Å²) in [6.45, 7) is 3.96. The van der Waals surface area contributed by atoms with Crippen molar-refractivity contribution in [3.63, 3.8) is 0 Å². The van der Waals surface area contributed by atoms with E-state index in [0.29, 0.717) is 5.75 Å². The van der Waals surface area contributed by atoms with Crippen LogP contribution in [-0.2, 0) is 14.3 Å². The van der Waals surface area contributed by atoms with E-state index in [2.05, 4.69) is 12.6 Å². The maximum atomic E-state index is 11.4. The second-order valence-corrected chi connectivity index (χ2v) is 4.44. The van der Waals surface area contributed by atoms with Crippen LogP contribution in [-0.4, -0.2) is 36.1 Å². The minimum atomic E-state index is -0.623. The number of carbonyl (C=O) groups is 1. The molecule has 0 saturated carbocycles. The molecule has 3 atom stereocenters. The van der Waals surface area contributed by atoms with Crippen LogP contribution in [0.2, 0.25) is 0 Å². The first-order chi connectivity index (χ1) is 7.02. The van der Waals surface area contributed by atoms with Crippen molar-refractivity contribution in [2.75, 3.05) is 5.75 Å². The van der Waals surface area contributed by atoms with E-state index in [-0.39, 0.29) is 24.3 Å². The monoisotopic (exact) mass is 233 g/mol. The highest BCUT2D eigenvalue weighted by Crippen LogP contribution is 2.21. The third-order valence-electron chi connectivity index (χ3n) is 2.44. The van der Waals surface area contributed by atoms with Gasteiger partial charge in [0.1, 0.15) is 12.1 Å². The Bertz CT molecular complexity index is 215. The average Bonchev–Trinajstić information content (AvgIpc) is 2.14. The van der Waals surface area contributed by atoms with Gasteiger partial charge in [-0.1, -0.05) is 0 Å². The van der Waals surface area contributed by atoms with E-state index >= 15 is 0 Å². The van der Waals surface area contributed by atoms with Gasteiger partial charge < -0.3 is 15.2 Å². The highest BCUT2D eigenvalue weighted by atomic mass is 32.1. The lowest BCUT2D eigenvalue weighted by Crippen LogP contribution is -2.40. The van der Waals surface area contributed by atoms with Gasteiger partial charge in [0, 0.05) is 18.6 Å². The van der Waals surface area contributed by atoms with Gasteiger partial charge in [-0.2, -0.15) is 12.6 Å². The van der Waals surface area contributed by atoms with E-state index in [9.17, 15) is 4.79 Å². The van der Waals surface area contributed by atoms with Gasteiger partial charge in [-0.25, -0.2) is 0 Å². The van der Waals surface area contributed by atoms with E-state index in [4.69, 9.17) is 15.2 Å². The van der Waals surface area contributed by atoms with E-state index in [0.717, 1.165) is 12.8 Å². The zero-order chi connectivity index (χ0) is 11.4. The number of rotatable bonds is 3. The van der Waals surface area contributed by atoms with Crippen molar-refractivity contribution in [2.24, 2.45) is 5.73 Å². The number of hydrogen-bond acceptors (Lipinski definition) is 5. The maximum Gasteiger partial charge on any atom is 0.324 e. The summed E-state index contributed by atoms with van der Waals surface area (Å²) in [5.74, 6) is -0.0519. The van der Waals surface area contributed by atoms with E-state index in [1.54, 1.807) is 0 Å². The number of hydrogen-bond donors (Lipinski definition) is 2. The molecule has 1 heterocycles. The average molecular weight is 233 g/mol. The first-order valence-electron chi connectivity index (χ1n) is 5.25. The zero-order valence-electron chi connectivity index (χ0n) is 9.18. The lowest BCUT2D eigenvalue weighted by atomic mass is 10.0. The first-order valence-corrected chi connectivity index (χ1v) is 5.88. The van der Waals surface area contributed by atoms with Gasteiger partial charge in [0.2, 0.25) is 0 Å². The Hall–Kier alpha value is -0.260. The summed E-state index contributed by atoms with van der Waals surface area (Å²) in [4.78, 5) is 11.4. The number of esters is 1. The van der Waals surface area contributed by atoms with Crippen LogP contribution in [0, 0.1) is 0 Å². The van der Waals surface area contributed by atoms with Crippen LogP contribution in [0.3, 0.4) is 0 Å². The molecule has 2 N–H and O–H groups in total. The number of thiol groups is 1. The molecule has 0 radical (unpaired) electrons. The molecule has 88 valence electrons. The second kappa shape index (κ2) is 5.72. The largest absolute Gasteiger partial charge is 0.461 e. The van der Waals surface area contributed by atoms with Gasteiger partial charge in [-0.15, -0.1) is 0 Å². The van der Waals surface area contributed by atoms with E-state index in [1.165, 1.54) is 0 Å². The van der Waals surface area contributed by atoms with Crippen molar-refractivity contribution in [3.8, 4) is 0 Å². The van der Waals surface area contributed by atoms with Crippen LogP contribution >= 0.6 is 12.6 Å². The van der Waals surface area contributed by atoms with Crippen molar-refractivity contribution in [1.29, 1.82) is 0 Å². The third kappa shape index (κ3) is 4.01. The molecule has 4 nitrogen and oxygen atoms in total. The molecule has 1 aliphatic rings. The quantitative estimate of drug-likeness (QED) is 0.557. The molecule has 1 saturated heterocycles. The molecular formula is C10H19NO3S. The summed E-state index contributed by atoms with van der Waals surface area (Å²) >= 11 is 3.96. The molecule has 0 aromatic rings. The SMILES string of the molecule is CC1CC(OC(=O)[C@@H](N)CS)CC(C)O1. The Balaban J connectivity index is 2.40. The lowest BCUT2D eigenvalue weighted by molar-refractivity contribution is -0.160. The Labute approximate surface area is 95.9 Å². The fourth-order valence-corrected chi connectivity index (χ4v) is 1.92. The molecular weight excluding hydrogens is 214 g/mol. The Morgan fingerprint density at radius 3 is 2.53 bits per heavy atom. The summed E-state index contributed by atoms with van der Waals surface area (Å²) in [7, 11) is 0. The van der Waals surface area contributed by atoms with Crippen LogP contribution in [0.15, 0.2) is 0 Å². The number of nitrogens with two attached hydrogens (primary N) is 1. The second-order valence-electron chi connectivity index (χ2n) is 4.08. The molecule has 0 aromatic heterocycles. The molecule has 5 heteroatoms. The summed E-state index contributed by atoms with van der Waals surface area (Å²) in [6, 6.07) is -0.623. The van der Waals surface area contributed by atoms with Gasteiger partial charge in [0.15, 0.2) is 0 Å². The molecule has 0 aliphatic carbocycles. The topological polar surface area (TPSA) is 61.5 Å². The molecule has 0 aromatic carbocycles. The minimum absolute atomic E-state index is 0.0674. The van der Waals surface area contributed by atoms with Gasteiger partial charge in [0.05, 0.1) is 12.2 Å². The number of carbonyl (C=O) groups excluding carboxylic acids is 1. The van der Waals surface area contributed by atoms with Crippen LogP contribution in [0.5, 0.6) is 0 Å². The fourth-order valence-electron chi connectivity index (χ4n) is 1.77. The maximum absolute atomic E-state index is 11.4. The van der Waals surface area contributed by atoms with Gasteiger partial charge in [0.25, 0.3) is 0 Å². The fraction of sp³-hybridized carbons (Fsp3) is 0.900. The van der Waals surface area contributed by atoms with Crippen LogP contribution < -0.4 is 5.73 Å². The summed E-state index contributed by atoms with van der Waals surface area (Å²) < 4.78 is 10.8. The van der Waals surface area contributed by atoms with Crippen molar-refractivity contribution >= 4 is 18.6 Å². The van der Waals surface area contributed by atoms with Gasteiger partial charge in [-0.3, -0.25) is 4.79 Å². The molecule has 15 heavy (non-hydrogen) atoms. The smallest absolute Gasteiger partial charge is 0.324 e. The molecule has 2 unspecified atom stereocenters. The summed E-state index contributed by atoms with van der Waals surface area (Å²) in [5, 5.41) is 0. The minimum Gasteiger partial charge on any atom is -0.461 e. The van der Waals surface area contributed by atoms with Crippen molar-refractivity contribution in [2.45, 2.75) is 51.0 Å². The molecule has 0 spiro atoms. The highest BCUT2D eigenvalue weighted by Gasteiger charge is 2.28. The first kappa shape index (κ1) is 12.8. The van der Waals surface area contributed by atoms with Gasteiger partial charge >= 0.3 is 5.97 Å². The normalized spacial score (nSPS) is 33.5. The van der Waals surface area contributed by atoms with Gasteiger partial charge in [-0.05, 0) is 13.8 Å². The van der Waals surface area contributed by atoms with Crippen LogP contribution in [0.25, 0.3) is 0 Å². The lowest BCUT2D eigenvalue weighted by Gasteiger charge is -2.32. The zero-order valence-corrected chi connectivity index (χ0v) is 10.1. The molecule has 0 bridgehead atoms. The van der Waals surface area contributed by atoms with Crippen LogP contribution in [0.4, 0.5) is 0 Å². The van der Waals surface area contributed by atoms with Crippen molar-refractivity contribution < 1.29 is 14.3 Å². The van der Waals surface area contributed by atoms with Crippen molar-refractivity contribution in [1.82, 2.24) is 0 Å². The Morgan fingerprint density at radius 2 is 2.07 bits per heavy atom.